The number of para-hydroxylation sites is 1. The van der Waals surface area contributed by atoms with Crippen LogP contribution in [0.2, 0.25) is 0 Å². The Hall–Kier alpha value is -7.62. The van der Waals surface area contributed by atoms with Crippen LogP contribution in [-0.4, -0.2) is 14.4 Å². The number of rotatable bonds is 4. The van der Waals surface area contributed by atoms with Gasteiger partial charge in [-0.2, -0.15) is 0 Å². The highest BCUT2D eigenvalue weighted by Crippen LogP contribution is 2.47. The Morgan fingerprint density at radius 1 is 0.351 bits per heavy atom. The van der Waals surface area contributed by atoms with E-state index in [2.05, 4.69) is 193 Å². The van der Waals surface area contributed by atoms with Crippen LogP contribution in [0.3, 0.4) is 0 Å². The summed E-state index contributed by atoms with van der Waals surface area (Å²) in [6, 6.07) is 70.3. The average Bonchev–Trinajstić information content (AvgIpc) is 3.68. The van der Waals surface area contributed by atoms with Crippen LogP contribution in [0.4, 0.5) is 0 Å². The predicted octanol–water partition coefficient (Wildman–Crippen LogP) is 14.3. The molecule has 12 rings (SSSR count). The normalized spacial score (nSPS) is 11.9. The van der Waals surface area contributed by atoms with Crippen molar-refractivity contribution in [1.82, 2.24) is 14.4 Å². The first-order valence-electron chi connectivity index (χ1n) is 19.5. The van der Waals surface area contributed by atoms with Crippen LogP contribution in [0, 0.1) is 0 Å². The molecule has 264 valence electrons. The number of pyridine rings is 2. The summed E-state index contributed by atoms with van der Waals surface area (Å²) in [6.07, 6.45) is 2.08. The van der Waals surface area contributed by atoms with Crippen LogP contribution >= 0.6 is 0 Å². The van der Waals surface area contributed by atoms with E-state index in [4.69, 9.17) is 9.97 Å². The molecule has 9 aromatic carbocycles. The molecule has 3 nitrogen and oxygen atoms in total. The van der Waals surface area contributed by atoms with Crippen molar-refractivity contribution in [2.75, 3.05) is 0 Å². The van der Waals surface area contributed by atoms with Crippen LogP contribution in [0.5, 0.6) is 0 Å². The van der Waals surface area contributed by atoms with E-state index in [1.165, 1.54) is 70.9 Å². The van der Waals surface area contributed by atoms with Gasteiger partial charge in [0.05, 0.1) is 16.7 Å². The highest BCUT2D eigenvalue weighted by molar-refractivity contribution is 6.25. The molecule has 3 heterocycles. The minimum absolute atomic E-state index is 0.914. The lowest BCUT2D eigenvalue weighted by molar-refractivity contribution is 1.22. The Bertz CT molecular complexity index is 3570. The van der Waals surface area contributed by atoms with Gasteiger partial charge in [0.15, 0.2) is 0 Å². The Balaban J connectivity index is 1.11. The average molecular weight is 724 g/mol. The second-order valence-corrected chi connectivity index (χ2v) is 14.9. The summed E-state index contributed by atoms with van der Waals surface area (Å²) in [5, 5.41) is 11.0. The molecule has 0 aliphatic carbocycles. The minimum atomic E-state index is 0.914. The van der Waals surface area contributed by atoms with Crippen molar-refractivity contribution in [2.45, 2.75) is 0 Å². The molecule has 0 N–H and O–H groups in total. The molecule has 0 saturated heterocycles. The van der Waals surface area contributed by atoms with Crippen LogP contribution in [0.25, 0.3) is 115 Å². The summed E-state index contributed by atoms with van der Waals surface area (Å²) in [6.45, 7) is 0. The number of imidazole rings is 1. The molecule has 0 spiro atoms. The SMILES string of the molecule is c1ccc2c(-c3c4ccccc4c(-c4cccc5ccccc45)c4cc(-c5ccc(-c6nc7ccccc7c7nc8ccccn8c67)cc5)ccc34)cccc2c1. The number of hydrogen-bond acceptors (Lipinski definition) is 2. The lowest BCUT2D eigenvalue weighted by Crippen LogP contribution is -1.93. The third kappa shape index (κ3) is 4.86. The minimum Gasteiger partial charge on any atom is -0.298 e. The maximum Gasteiger partial charge on any atom is 0.137 e. The fourth-order valence-corrected chi connectivity index (χ4v) is 9.20. The topological polar surface area (TPSA) is 30.2 Å². The summed E-state index contributed by atoms with van der Waals surface area (Å²) >= 11 is 0. The smallest absolute Gasteiger partial charge is 0.137 e. The van der Waals surface area contributed by atoms with Gasteiger partial charge in [0.25, 0.3) is 0 Å². The molecule has 0 radical (unpaired) electrons. The molecular formula is C54H33N3. The monoisotopic (exact) mass is 723 g/mol. The van der Waals surface area contributed by atoms with Crippen LogP contribution in [0.15, 0.2) is 200 Å². The second kappa shape index (κ2) is 12.5. The molecule has 12 aromatic rings. The van der Waals surface area contributed by atoms with Gasteiger partial charge in [-0.1, -0.05) is 170 Å². The summed E-state index contributed by atoms with van der Waals surface area (Å²) < 4.78 is 2.16. The number of hydrogen-bond donors (Lipinski definition) is 0. The van der Waals surface area contributed by atoms with Crippen molar-refractivity contribution in [3.05, 3.63) is 200 Å². The van der Waals surface area contributed by atoms with Gasteiger partial charge in [0.1, 0.15) is 11.2 Å². The fraction of sp³-hybridized carbons (Fsp3) is 0. The standard InChI is InChI=1S/C54H33N3/c1-3-17-39-35(13-1)15-11-22-41(39)50-43-19-5-6-20-44(43)51(42-23-12-16-36-14-2-4-18-40(36)42)47-33-38(30-31-45(47)50)34-26-28-37(29-27-34)52-54-53(46-21-7-8-24-48(46)55-52)56-49-25-9-10-32-57(49)54/h1-33H. The van der Waals surface area contributed by atoms with E-state index in [0.29, 0.717) is 0 Å². The molecule has 0 fully saturated rings. The van der Waals surface area contributed by atoms with Crippen molar-refractivity contribution in [3.8, 4) is 44.6 Å². The molecule has 0 bridgehead atoms. The van der Waals surface area contributed by atoms with Gasteiger partial charge in [-0.05, 0) is 101 Å². The fourth-order valence-electron chi connectivity index (χ4n) is 9.20. The first-order valence-corrected chi connectivity index (χ1v) is 19.5. The van der Waals surface area contributed by atoms with E-state index in [9.17, 15) is 0 Å². The van der Waals surface area contributed by atoms with E-state index < -0.39 is 0 Å². The third-order valence-corrected chi connectivity index (χ3v) is 11.8. The Morgan fingerprint density at radius 3 is 1.58 bits per heavy atom. The van der Waals surface area contributed by atoms with Gasteiger partial charge >= 0.3 is 0 Å². The molecular weight excluding hydrogens is 691 g/mol. The molecule has 0 unspecified atom stereocenters. The van der Waals surface area contributed by atoms with E-state index >= 15 is 0 Å². The maximum absolute atomic E-state index is 5.24. The van der Waals surface area contributed by atoms with Gasteiger partial charge < -0.3 is 0 Å². The molecule has 0 saturated carbocycles. The number of benzene rings is 9. The van der Waals surface area contributed by atoms with Crippen LogP contribution < -0.4 is 0 Å². The van der Waals surface area contributed by atoms with Gasteiger partial charge in [0.2, 0.25) is 0 Å². The van der Waals surface area contributed by atoms with Gasteiger partial charge in [-0.25, -0.2) is 9.97 Å². The van der Waals surface area contributed by atoms with E-state index in [1.54, 1.807) is 0 Å². The van der Waals surface area contributed by atoms with Crippen molar-refractivity contribution in [2.24, 2.45) is 0 Å². The molecule has 0 atom stereocenters. The van der Waals surface area contributed by atoms with Crippen molar-refractivity contribution < 1.29 is 0 Å². The summed E-state index contributed by atoms with van der Waals surface area (Å²) in [7, 11) is 0. The predicted molar refractivity (Wildman–Crippen MR) is 240 cm³/mol. The molecule has 3 heteroatoms. The Kier molecular flexibility index (Phi) is 6.93. The van der Waals surface area contributed by atoms with E-state index in [1.807, 2.05) is 12.1 Å². The van der Waals surface area contributed by atoms with Crippen LogP contribution in [-0.2, 0) is 0 Å². The van der Waals surface area contributed by atoms with Crippen molar-refractivity contribution in [1.29, 1.82) is 0 Å². The summed E-state index contributed by atoms with van der Waals surface area (Å²) in [5.41, 5.74) is 13.2. The molecule has 0 amide bonds. The highest BCUT2D eigenvalue weighted by Gasteiger charge is 2.21. The van der Waals surface area contributed by atoms with E-state index in [-0.39, 0.29) is 0 Å². The zero-order valence-electron chi connectivity index (χ0n) is 30.9. The lowest BCUT2D eigenvalue weighted by Gasteiger charge is -2.20. The lowest BCUT2D eigenvalue weighted by atomic mass is 9.83. The second-order valence-electron chi connectivity index (χ2n) is 14.9. The highest BCUT2D eigenvalue weighted by atomic mass is 15.0. The first-order chi connectivity index (χ1) is 28.3. The molecule has 57 heavy (non-hydrogen) atoms. The zero-order valence-corrected chi connectivity index (χ0v) is 30.9. The van der Waals surface area contributed by atoms with E-state index in [0.717, 1.165) is 44.4 Å². The Labute approximate surface area is 328 Å². The Morgan fingerprint density at radius 2 is 0.877 bits per heavy atom. The number of nitrogens with zero attached hydrogens (tertiary/aromatic N) is 3. The quantitative estimate of drug-likeness (QED) is 0.169. The zero-order chi connectivity index (χ0) is 37.5. The summed E-state index contributed by atoms with van der Waals surface area (Å²) in [4.78, 5) is 10.3. The first kappa shape index (κ1) is 31.7. The van der Waals surface area contributed by atoms with Gasteiger partial charge in [-0.15, -0.1) is 0 Å². The van der Waals surface area contributed by atoms with Gasteiger partial charge in [-0.3, -0.25) is 4.40 Å². The maximum atomic E-state index is 5.24. The summed E-state index contributed by atoms with van der Waals surface area (Å²) in [5.74, 6) is 0. The van der Waals surface area contributed by atoms with Crippen LogP contribution in [0.1, 0.15) is 0 Å². The van der Waals surface area contributed by atoms with Gasteiger partial charge in [0, 0.05) is 17.1 Å². The molecule has 3 aromatic heterocycles. The van der Waals surface area contributed by atoms with Crippen molar-refractivity contribution >= 4 is 70.7 Å². The number of aromatic nitrogens is 3. The molecule has 0 aliphatic rings. The third-order valence-electron chi connectivity index (χ3n) is 11.8. The molecule has 0 aliphatic heterocycles. The van der Waals surface area contributed by atoms with Crippen molar-refractivity contribution in [3.63, 3.8) is 0 Å². The largest absolute Gasteiger partial charge is 0.298 e. The number of fused-ring (bicyclic) bond motifs is 9.